The van der Waals surface area contributed by atoms with Gasteiger partial charge < -0.3 is 4.74 Å². The molecule has 0 saturated heterocycles. The van der Waals surface area contributed by atoms with Crippen LogP contribution in [-0.2, 0) is 4.74 Å². The van der Waals surface area contributed by atoms with Crippen molar-refractivity contribution in [3.05, 3.63) is 0 Å². The van der Waals surface area contributed by atoms with Gasteiger partial charge >= 0.3 is 0 Å². The van der Waals surface area contributed by atoms with E-state index in [0.717, 1.165) is 0 Å². The Morgan fingerprint density at radius 3 is 1.12 bits per heavy atom. The minimum atomic E-state index is 0.622. The molecule has 0 aliphatic heterocycles. The fraction of sp³-hybridized carbons (Fsp3) is 1.00. The van der Waals surface area contributed by atoms with Gasteiger partial charge in [-0.25, -0.2) is 0 Å². The van der Waals surface area contributed by atoms with Crippen LogP contribution in [0.25, 0.3) is 0 Å². The minimum Gasteiger partial charge on any atom is -0.375 e. The second-order valence-electron chi connectivity index (χ2n) is 4.66. The van der Waals surface area contributed by atoms with Gasteiger partial charge in [0, 0.05) is 0 Å². The molecule has 2 aliphatic rings. The van der Waals surface area contributed by atoms with Crippen molar-refractivity contribution in [3.8, 4) is 0 Å². The lowest BCUT2D eigenvalue weighted by atomic mass is 9.95. The molecule has 0 aromatic rings. The Labute approximate surface area is 109 Å². The normalized spacial score (nSPS) is 21.9. The van der Waals surface area contributed by atoms with Crippen molar-refractivity contribution in [1.82, 2.24) is 0 Å². The molecule has 0 spiro atoms. The van der Waals surface area contributed by atoms with Crippen LogP contribution in [0.2, 0.25) is 0 Å². The van der Waals surface area contributed by atoms with Crippen molar-refractivity contribution in [2.75, 3.05) is 0 Å². The highest BCUT2D eigenvalue weighted by molar-refractivity contribution is 4.71. The molecule has 0 bridgehead atoms. The van der Waals surface area contributed by atoms with Gasteiger partial charge in [0.15, 0.2) is 0 Å². The van der Waals surface area contributed by atoms with E-state index >= 15 is 0 Å². The van der Waals surface area contributed by atoms with Crippen molar-refractivity contribution < 1.29 is 4.74 Å². The highest BCUT2D eigenvalue weighted by Gasteiger charge is 2.20. The molecule has 1 heteroatoms. The average Bonchev–Trinajstić information content (AvgIpc) is 2.45. The molecule has 2 aliphatic carbocycles. The van der Waals surface area contributed by atoms with Gasteiger partial charge in [-0.15, -0.1) is 0 Å². The summed E-state index contributed by atoms with van der Waals surface area (Å²) >= 11 is 0. The van der Waals surface area contributed by atoms with E-state index < -0.39 is 0 Å². The lowest BCUT2D eigenvalue weighted by Gasteiger charge is -2.29. The molecule has 0 heterocycles. The first-order valence-electron chi connectivity index (χ1n) is 8.10. The largest absolute Gasteiger partial charge is 0.375 e. The summed E-state index contributed by atoms with van der Waals surface area (Å²) in [5.41, 5.74) is 0. The molecule has 2 fully saturated rings. The smallest absolute Gasteiger partial charge is 0.0578 e. The Morgan fingerprint density at radius 1 is 0.529 bits per heavy atom. The van der Waals surface area contributed by atoms with Crippen LogP contribution in [0, 0.1) is 0 Å². The third-order valence-corrected chi connectivity index (χ3v) is 3.49. The van der Waals surface area contributed by atoms with Crippen molar-refractivity contribution in [3.63, 3.8) is 0 Å². The van der Waals surface area contributed by atoms with Gasteiger partial charge in [-0.2, -0.15) is 0 Å². The minimum absolute atomic E-state index is 0.622. The Balaban J connectivity index is 0.000000581. The fourth-order valence-corrected chi connectivity index (χ4v) is 2.67. The van der Waals surface area contributed by atoms with Crippen LogP contribution >= 0.6 is 0 Å². The van der Waals surface area contributed by atoms with Gasteiger partial charge in [0.25, 0.3) is 0 Å². The Kier molecular flexibility index (Phi) is 12.4. The molecule has 0 atom stereocenters. The van der Waals surface area contributed by atoms with Crippen molar-refractivity contribution in [1.29, 1.82) is 0 Å². The van der Waals surface area contributed by atoms with E-state index in [1.54, 1.807) is 0 Å². The SMILES string of the molecule is C1CCC(OC2CCCCC2)CC1.CC.CC. The average molecular weight is 242 g/mol. The van der Waals surface area contributed by atoms with Crippen LogP contribution in [0.15, 0.2) is 0 Å². The van der Waals surface area contributed by atoms with Crippen LogP contribution in [0.3, 0.4) is 0 Å². The van der Waals surface area contributed by atoms with Gasteiger partial charge in [-0.05, 0) is 25.7 Å². The van der Waals surface area contributed by atoms with Crippen LogP contribution < -0.4 is 0 Å². The molecule has 2 rings (SSSR count). The van der Waals surface area contributed by atoms with Gasteiger partial charge in [0.2, 0.25) is 0 Å². The van der Waals surface area contributed by atoms with Crippen molar-refractivity contribution in [2.24, 2.45) is 0 Å². The number of ether oxygens (including phenoxy) is 1. The molecule has 1 nitrogen and oxygen atoms in total. The lowest BCUT2D eigenvalue weighted by molar-refractivity contribution is -0.0450. The molecular formula is C16H34O. The molecule has 2 saturated carbocycles. The zero-order chi connectivity index (χ0) is 12.9. The van der Waals surface area contributed by atoms with E-state index in [1.165, 1.54) is 64.2 Å². The highest BCUT2D eigenvalue weighted by Crippen LogP contribution is 2.26. The molecule has 0 aromatic carbocycles. The number of hydrogen-bond donors (Lipinski definition) is 0. The maximum Gasteiger partial charge on any atom is 0.0578 e. The van der Waals surface area contributed by atoms with Gasteiger partial charge in [-0.1, -0.05) is 66.2 Å². The summed E-state index contributed by atoms with van der Waals surface area (Å²) in [6.07, 6.45) is 15.0. The van der Waals surface area contributed by atoms with Crippen LogP contribution in [0.4, 0.5) is 0 Å². The lowest BCUT2D eigenvalue weighted by Crippen LogP contribution is -2.25. The summed E-state index contributed by atoms with van der Waals surface area (Å²) in [6, 6.07) is 0. The van der Waals surface area contributed by atoms with E-state index in [0.29, 0.717) is 12.2 Å². The molecular weight excluding hydrogens is 208 g/mol. The second kappa shape index (κ2) is 12.4. The summed E-state index contributed by atoms with van der Waals surface area (Å²) in [5.74, 6) is 0. The van der Waals surface area contributed by atoms with Crippen LogP contribution in [-0.4, -0.2) is 12.2 Å². The van der Waals surface area contributed by atoms with Gasteiger partial charge in [0.05, 0.1) is 12.2 Å². The summed E-state index contributed by atoms with van der Waals surface area (Å²) in [6.45, 7) is 8.00. The first-order valence-corrected chi connectivity index (χ1v) is 8.10. The summed E-state index contributed by atoms with van der Waals surface area (Å²) in [4.78, 5) is 0. The molecule has 0 amide bonds. The standard InChI is InChI=1S/C12H22O.2C2H6/c1-3-7-11(8-4-1)13-12-9-5-2-6-10-12;2*1-2/h11-12H,1-10H2;2*1-2H3. The monoisotopic (exact) mass is 242 g/mol. The topological polar surface area (TPSA) is 9.23 Å². The molecule has 17 heavy (non-hydrogen) atoms. The van der Waals surface area contributed by atoms with Crippen LogP contribution in [0.5, 0.6) is 0 Å². The predicted octanol–water partition coefficient (Wildman–Crippen LogP) is 5.72. The molecule has 0 N–H and O–H groups in total. The maximum absolute atomic E-state index is 6.13. The molecule has 104 valence electrons. The first kappa shape index (κ1) is 17.0. The second-order valence-corrected chi connectivity index (χ2v) is 4.66. The maximum atomic E-state index is 6.13. The molecule has 0 unspecified atom stereocenters. The Hall–Kier alpha value is -0.0400. The Bertz CT molecular complexity index is 116. The van der Waals surface area contributed by atoms with Crippen molar-refractivity contribution >= 4 is 0 Å². The van der Waals surface area contributed by atoms with E-state index in [-0.39, 0.29) is 0 Å². The number of rotatable bonds is 2. The van der Waals surface area contributed by atoms with Crippen molar-refractivity contribution in [2.45, 2.75) is 104 Å². The third kappa shape index (κ3) is 7.81. The Morgan fingerprint density at radius 2 is 0.824 bits per heavy atom. The van der Waals surface area contributed by atoms with E-state index in [2.05, 4.69) is 0 Å². The van der Waals surface area contributed by atoms with E-state index in [4.69, 9.17) is 4.74 Å². The van der Waals surface area contributed by atoms with E-state index in [9.17, 15) is 0 Å². The highest BCUT2D eigenvalue weighted by atomic mass is 16.5. The molecule has 0 aromatic heterocycles. The summed E-state index contributed by atoms with van der Waals surface area (Å²) in [5, 5.41) is 0. The molecule has 0 radical (unpaired) electrons. The van der Waals surface area contributed by atoms with Gasteiger partial charge in [-0.3, -0.25) is 0 Å². The fourth-order valence-electron chi connectivity index (χ4n) is 2.67. The van der Waals surface area contributed by atoms with Gasteiger partial charge in [0.1, 0.15) is 0 Å². The first-order chi connectivity index (χ1) is 8.45. The summed E-state index contributed by atoms with van der Waals surface area (Å²) in [7, 11) is 0. The quantitative estimate of drug-likeness (QED) is 0.601. The van der Waals surface area contributed by atoms with Crippen LogP contribution in [0.1, 0.15) is 91.9 Å². The zero-order valence-corrected chi connectivity index (χ0v) is 12.6. The number of hydrogen-bond acceptors (Lipinski definition) is 1. The zero-order valence-electron chi connectivity index (χ0n) is 12.6. The third-order valence-electron chi connectivity index (χ3n) is 3.49. The predicted molar refractivity (Wildman–Crippen MR) is 77.5 cm³/mol. The summed E-state index contributed by atoms with van der Waals surface area (Å²) < 4.78 is 6.13. The van der Waals surface area contributed by atoms with E-state index in [1.807, 2.05) is 27.7 Å².